The topological polar surface area (TPSA) is 56.0 Å². The van der Waals surface area contributed by atoms with E-state index in [0.717, 1.165) is 77.7 Å². The van der Waals surface area contributed by atoms with Crippen LogP contribution in [0.15, 0.2) is 152 Å². The molecule has 5 aromatic carbocycles. The second kappa shape index (κ2) is 10.2. The van der Waals surface area contributed by atoms with Crippen molar-refractivity contribution < 1.29 is 0 Å². The van der Waals surface area contributed by atoms with Crippen molar-refractivity contribution in [3.8, 4) is 45.2 Å². The summed E-state index contributed by atoms with van der Waals surface area (Å²) in [5, 5.41) is 3.29. The van der Waals surface area contributed by atoms with E-state index in [4.69, 9.17) is 19.9 Å². The molecule has 5 nitrogen and oxygen atoms in total. The van der Waals surface area contributed by atoms with Gasteiger partial charge in [0, 0.05) is 27.5 Å². The highest BCUT2D eigenvalue weighted by atomic mass is 15.0. The first-order valence-corrected chi connectivity index (χ1v) is 15.0. The van der Waals surface area contributed by atoms with Gasteiger partial charge in [-0.3, -0.25) is 9.38 Å². The van der Waals surface area contributed by atoms with Crippen molar-refractivity contribution in [3.05, 3.63) is 152 Å². The summed E-state index contributed by atoms with van der Waals surface area (Å²) in [6.07, 6.45) is 1.95. The summed E-state index contributed by atoms with van der Waals surface area (Å²) in [6, 6.07) is 50.0. The standard InChI is InChI=1S/C40H25N5/c1-3-12-26(13-4-1)34-24-35(43-39(42-34)27-14-5-2-6-15-27)29-17-11-18-30(22-29)36-23-28-16-7-8-19-31(28)40-44-38-32-20-9-10-21-33(32)41-25-37(38)45(36)40/h1-25H. The molecule has 0 saturated carbocycles. The Morgan fingerprint density at radius 3 is 1.93 bits per heavy atom. The first-order valence-electron chi connectivity index (χ1n) is 15.0. The van der Waals surface area contributed by atoms with Crippen molar-refractivity contribution in [2.45, 2.75) is 0 Å². The number of hydrogen-bond acceptors (Lipinski definition) is 4. The van der Waals surface area contributed by atoms with Crippen molar-refractivity contribution in [3.63, 3.8) is 0 Å². The molecule has 9 rings (SSSR count). The second-order valence-corrected chi connectivity index (χ2v) is 11.2. The van der Waals surface area contributed by atoms with Gasteiger partial charge in [0.2, 0.25) is 0 Å². The van der Waals surface area contributed by atoms with Gasteiger partial charge in [0.1, 0.15) is 11.2 Å². The molecular weight excluding hydrogens is 550 g/mol. The fourth-order valence-electron chi connectivity index (χ4n) is 6.25. The summed E-state index contributed by atoms with van der Waals surface area (Å²) < 4.78 is 2.25. The van der Waals surface area contributed by atoms with Crippen LogP contribution in [0.3, 0.4) is 0 Å². The Bertz CT molecular complexity index is 2480. The Labute approximate surface area is 259 Å². The van der Waals surface area contributed by atoms with E-state index in [1.165, 1.54) is 0 Å². The molecule has 0 bridgehead atoms. The van der Waals surface area contributed by atoms with E-state index in [1.807, 2.05) is 60.8 Å². The zero-order chi connectivity index (χ0) is 29.7. The number of imidazole rings is 1. The molecule has 0 unspecified atom stereocenters. The molecule has 0 amide bonds. The highest BCUT2D eigenvalue weighted by Crippen LogP contribution is 2.35. The molecule has 0 saturated heterocycles. The van der Waals surface area contributed by atoms with E-state index in [9.17, 15) is 0 Å². The van der Waals surface area contributed by atoms with Crippen LogP contribution in [-0.4, -0.2) is 24.3 Å². The Morgan fingerprint density at radius 2 is 1.11 bits per heavy atom. The average molecular weight is 576 g/mol. The highest BCUT2D eigenvalue weighted by molar-refractivity contribution is 6.08. The van der Waals surface area contributed by atoms with E-state index < -0.39 is 0 Å². The normalized spacial score (nSPS) is 11.6. The summed E-state index contributed by atoms with van der Waals surface area (Å²) in [7, 11) is 0. The largest absolute Gasteiger partial charge is 0.290 e. The van der Waals surface area contributed by atoms with Crippen LogP contribution in [0.5, 0.6) is 0 Å². The van der Waals surface area contributed by atoms with E-state index in [2.05, 4.69) is 95.4 Å². The molecule has 0 fully saturated rings. The van der Waals surface area contributed by atoms with Gasteiger partial charge in [-0.2, -0.15) is 0 Å². The molecule has 0 aliphatic rings. The van der Waals surface area contributed by atoms with Gasteiger partial charge in [-0.05, 0) is 35.2 Å². The van der Waals surface area contributed by atoms with Gasteiger partial charge in [0.15, 0.2) is 5.82 Å². The molecule has 0 aliphatic heterocycles. The smallest absolute Gasteiger partial charge is 0.160 e. The average Bonchev–Trinajstić information content (AvgIpc) is 3.53. The fourth-order valence-corrected chi connectivity index (χ4v) is 6.25. The van der Waals surface area contributed by atoms with Crippen molar-refractivity contribution in [1.29, 1.82) is 0 Å². The van der Waals surface area contributed by atoms with E-state index in [-0.39, 0.29) is 0 Å². The van der Waals surface area contributed by atoms with Crippen molar-refractivity contribution in [2.24, 2.45) is 0 Å². The quantitative estimate of drug-likeness (QED) is 0.210. The molecule has 210 valence electrons. The van der Waals surface area contributed by atoms with Gasteiger partial charge in [-0.25, -0.2) is 15.0 Å². The van der Waals surface area contributed by atoms with Crippen LogP contribution in [-0.2, 0) is 0 Å². The summed E-state index contributed by atoms with van der Waals surface area (Å²) in [5.74, 6) is 0.698. The molecule has 45 heavy (non-hydrogen) atoms. The first-order chi connectivity index (χ1) is 22.3. The minimum Gasteiger partial charge on any atom is -0.290 e. The number of hydrogen-bond donors (Lipinski definition) is 0. The van der Waals surface area contributed by atoms with Crippen LogP contribution in [0.1, 0.15) is 0 Å². The molecule has 0 N–H and O–H groups in total. The van der Waals surface area contributed by atoms with Crippen LogP contribution in [0.2, 0.25) is 0 Å². The Hall–Kier alpha value is -6.20. The van der Waals surface area contributed by atoms with Gasteiger partial charge < -0.3 is 0 Å². The summed E-state index contributed by atoms with van der Waals surface area (Å²) in [6.45, 7) is 0. The number of aromatic nitrogens is 5. The Kier molecular flexibility index (Phi) is 5.74. The van der Waals surface area contributed by atoms with Crippen molar-refractivity contribution >= 4 is 38.4 Å². The van der Waals surface area contributed by atoms with Crippen LogP contribution in [0, 0.1) is 0 Å². The number of rotatable bonds is 4. The molecular formula is C40H25N5. The van der Waals surface area contributed by atoms with Gasteiger partial charge in [0.25, 0.3) is 0 Å². The second-order valence-electron chi connectivity index (χ2n) is 11.2. The molecule has 0 aliphatic carbocycles. The van der Waals surface area contributed by atoms with Crippen LogP contribution in [0.25, 0.3) is 83.5 Å². The third-order valence-electron chi connectivity index (χ3n) is 8.41. The Morgan fingerprint density at radius 1 is 0.467 bits per heavy atom. The maximum absolute atomic E-state index is 5.23. The minimum atomic E-state index is 0.698. The molecule has 0 atom stereocenters. The van der Waals surface area contributed by atoms with Gasteiger partial charge in [-0.15, -0.1) is 0 Å². The number of pyridine rings is 2. The lowest BCUT2D eigenvalue weighted by molar-refractivity contribution is 1.18. The lowest BCUT2D eigenvalue weighted by Gasteiger charge is -2.13. The number of nitrogens with zero attached hydrogens (tertiary/aromatic N) is 5. The fraction of sp³-hybridized carbons (Fsp3) is 0. The molecule has 5 heteroatoms. The third kappa shape index (κ3) is 4.25. The first kappa shape index (κ1) is 25.3. The van der Waals surface area contributed by atoms with Gasteiger partial charge >= 0.3 is 0 Å². The number of benzene rings is 5. The molecule has 0 spiro atoms. The van der Waals surface area contributed by atoms with Gasteiger partial charge in [0.05, 0.1) is 34.3 Å². The predicted octanol–water partition coefficient (Wildman–Crippen LogP) is 9.65. The predicted molar refractivity (Wildman–Crippen MR) is 183 cm³/mol. The highest BCUT2D eigenvalue weighted by Gasteiger charge is 2.17. The Balaban J connectivity index is 1.29. The van der Waals surface area contributed by atoms with Crippen molar-refractivity contribution in [1.82, 2.24) is 24.3 Å². The van der Waals surface area contributed by atoms with Crippen LogP contribution in [0.4, 0.5) is 0 Å². The molecule has 9 aromatic rings. The summed E-state index contributed by atoms with van der Waals surface area (Å²) >= 11 is 0. The lowest BCUT2D eigenvalue weighted by Crippen LogP contribution is -1.97. The SMILES string of the molecule is c1ccc(-c2cc(-c3cccc(-c4cc5ccccc5c5nc6c7ccccc7ncc6n45)c3)nc(-c3ccccc3)n2)cc1. The monoisotopic (exact) mass is 575 g/mol. The number of para-hydroxylation sites is 1. The zero-order valence-corrected chi connectivity index (χ0v) is 24.2. The maximum Gasteiger partial charge on any atom is 0.160 e. The van der Waals surface area contributed by atoms with E-state index in [1.54, 1.807) is 0 Å². The number of fused-ring (bicyclic) bond motifs is 7. The third-order valence-corrected chi connectivity index (χ3v) is 8.41. The zero-order valence-electron chi connectivity index (χ0n) is 24.2. The van der Waals surface area contributed by atoms with Crippen LogP contribution >= 0.6 is 0 Å². The summed E-state index contributed by atoms with van der Waals surface area (Å²) in [5.41, 5.74) is 10.7. The molecule has 4 heterocycles. The lowest BCUT2D eigenvalue weighted by atomic mass is 10.0. The van der Waals surface area contributed by atoms with E-state index in [0.29, 0.717) is 5.82 Å². The maximum atomic E-state index is 5.23. The molecule has 0 radical (unpaired) electrons. The van der Waals surface area contributed by atoms with E-state index >= 15 is 0 Å². The minimum absolute atomic E-state index is 0.698. The van der Waals surface area contributed by atoms with Gasteiger partial charge in [-0.1, -0.05) is 121 Å². The van der Waals surface area contributed by atoms with Crippen LogP contribution < -0.4 is 0 Å². The molecule has 4 aromatic heterocycles. The summed E-state index contributed by atoms with van der Waals surface area (Å²) in [4.78, 5) is 20.1. The van der Waals surface area contributed by atoms with Crippen molar-refractivity contribution in [2.75, 3.05) is 0 Å².